The van der Waals surface area contributed by atoms with Crippen molar-refractivity contribution in [1.29, 1.82) is 0 Å². The van der Waals surface area contributed by atoms with Crippen LogP contribution >= 0.6 is 11.6 Å². The monoisotopic (exact) mass is 195 g/mol. The quantitative estimate of drug-likeness (QED) is 0.722. The van der Waals surface area contributed by atoms with E-state index in [2.05, 4.69) is 0 Å². The summed E-state index contributed by atoms with van der Waals surface area (Å²) in [5.74, 6) is -0.461. The standard InChI is InChI=1S/C10H10ClNO/c1-7-4-8(2-3-10(12)13)6-9(11)5-7/h2-6H,1H3,(H2,12,13). The minimum Gasteiger partial charge on any atom is -0.366 e. The van der Waals surface area contributed by atoms with Gasteiger partial charge in [0.15, 0.2) is 0 Å². The summed E-state index contributed by atoms with van der Waals surface area (Å²) in [5.41, 5.74) is 6.89. The molecule has 1 amide bonds. The van der Waals surface area contributed by atoms with E-state index < -0.39 is 5.91 Å². The molecule has 0 atom stereocenters. The number of rotatable bonds is 2. The number of hydrogen-bond acceptors (Lipinski definition) is 1. The Labute approximate surface area is 82.0 Å². The molecular weight excluding hydrogens is 186 g/mol. The molecule has 0 bridgehead atoms. The van der Waals surface area contributed by atoms with Crippen molar-refractivity contribution in [3.63, 3.8) is 0 Å². The lowest BCUT2D eigenvalue weighted by Crippen LogP contribution is -2.05. The first-order chi connectivity index (χ1) is 6.08. The average molecular weight is 196 g/mol. The van der Waals surface area contributed by atoms with E-state index in [1.807, 2.05) is 19.1 Å². The maximum absolute atomic E-state index is 10.4. The van der Waals surface area contributed by atoms with Gasteiger partial charge in [0, 0.05) is 11.1 Å². The third-order valence-electron chi connectivity index (χ3n) is 1.50. The number of hydrogen-bond donors (Lipinski definition) is 1. The second-order valence-electron chi connectivity index (χ2n) is 2.80. The molecule has 0 heterocycles. The lowest BCUT2D eigenvalue weighted by Gasteiger charge is -1.97. The molecule has 0 aromatic heterocycles. The highest BCUT2D eigenvalue weighted by Gasteiger charge is 1.93. The van der Waals surface area contributed by atoms with E-state index in [4.69, 9.17) is 17.3 Å². The zero-order valence-corrected chi connectivity index (χ0v) is 8.01. The van der Waals surface area contributed by atoms with Crippen molar-refractivity contribution < 1.29 is 4.79 Å². The maximum atomic E-state index is 10.4. The molecule has 0 unspecified atom stereocenters. The second-order valence-corrected chi connectivity index (χ2v) is 3.23. The molecule has 68 valence electrons. The topological polar surface area (TPSA) is 43.1 Å². The number of nitrogens with two attached hydrogens (primary N) is 1. The lowest BCUT2D eigenvalue weighted by atomic mass is 10.1. The summed E-state index contributed by atoms with van der Waals surface area (Å²) in [5, 5.41) is 0.657. The largest absolute Gasteiger partial charge is 0.366 e. The van der Waals surface area contributed by atoms with Gasteiger partial charge >= 0.3 is 0 Å². The van der Waals surface area contributed by atoms with Crippen LogP contribution in [-0.2, 0) is 4.79 Å². The molecule has 1 aromatic carbocycles. The Balaban J connectivity index is 2.95. The summed E-state index contributed by atoms with van der Waals surface area (Å²) in [7, 11) is 0. The molecule has 0 aliphatic heterocycles. The van der Waals surface area contributed by atoms with Crippen LogP contribution in [0.4, 0.5) is 0 Å². The molecule has 1 aromatic rings. The summed E-state index contributed by atoms with van der Waals surface area (Å²) in [6.45, 7) is 1.94. The molecule has 0 saturated carbocycles. The molecule has 0 aliphatic rings. The van der Waals surface area contributed by atoms with E-state index in [1.54, 1.807) is 12.1 Å². The first kappa shape index (κ1) is 9.81. The van der Waals surface area contributed by atoms with E-state index in [-0.39, 0.29) is 0 Å². The van der Waals surface area contributed by atoms with Gasteiger partial charge in [-0.1, -0.05) is 17.7 Å². The summed E-state index contributed by atoms with van der Waals surface area (Å²) in [4.78, 5) is 10.4. The number of aryl methyl sites for hydroxylation is 1. The summed E-state index contributed by atoms with van der Waals surface area (Å²) < 4.78 is 0. The van der Waals surface area contributed by atoms with Crippen LogP contribution in [0.15, 0.2) is 24.3 Å². The van der Waals surface area contributed by atoms with Crippen molar-refractivity contribution in [2.75, 3.05) is 0 Å². The predicted molar refractivity (Wildman–Crippen MR) is 54.4 cm³/mol. The fraction of sp³-hybridized carbons (Fsp3) is 0.100. The van der Waals surface area contributed by atoms with Crippen LogP contribution in [-0.4, -0.2) is 5.91 Å². The van der Waals surface area contributed by atoms with Crippen molar-refractivity contribution in [3.8, 4) is 0 Å². The van der Waals surface area contributed by atoms with E-state index in [9.17, 15) is 4.79 Å². The fourth-order valence-electron chi connectivity index (χ4n) is 1.04. The number of carbonyl (C=O) groups is 1. The zero-order valence-electron chi connectivity index (χ0n) is 7.25. The smallest absolute Gasteiger partial charge is 0.241 e. The molecule has 0 spiro atoms. The van der Waals surface area contributed by atoms with Crippen LogP contribution in [0.1, 0.15) is 11.1 Å². The molecule has 2 nitrogen and oxygen atoms in total. The van der Waals surface area contributed by atoms with Crippen LogP contribution in [0.5, 0.6) is 0 Å². The van der Waals surface area contributed by atoms with E-state index in [1.165, 1.54) is 6.08 Å². The van der Waals surface area contributed by atoms with Gasteiger partial charge in [0.25, 0.3) is 0 Å². The summed E-state index contributed by atoms with van der Waals surface area (Å²) >= 11 is 5.82. The molecule has 0 aliphatic carbocycles. The van der Waals surface area contributed by atoms with Gasteiger partial charge in [-0.15, -0.1) is 0 Å². The van der Waals surface area contributed by atoms with E-state index in [0.29, 0.717) is 5.02 Å². The lowest BCUT2D eigenvalue weighted by molar-refractivity contribution is -0.113. The van der Waals surface area contributed by atoms with Gasteiger partial charge < -0.3 is 5.73 Å². The SMILES string of the molecule is Cc1cc(Cl)cc(C=CC(N)=O)c1. The number of halogens is 1. The molecule has 3 heteroatoms. The van der Waals surface area contributed by atoms with Crippen LogP contribution in [0.3, 0.4) is 0 Å². The maximum Gasteiger partial charge on any atom is 0.241 e. The minimum atomic E-state index is -0.461. The molecule has 0 saturated heterocycles. The molecule has 13 heavy (non-hydrogen) atoms. The summed E-state index contributed by atoms with van der Waals surface area (Å²) in [6.07, 6.45) is 2.95. The molecule has 0 radical (unpaired) electrons. The van der Waals surface area contributed by atoms with Crippen molar-refractivity contribution in [2.24, 2.45) is 5.73 Å². The first-order valence-electron chi connectivity index (χ1n) is 3.82. The van der Waals surface area contributed by atoms with Crippen LogP contribution in [0.2, 0.25) is 5.02 Å². The van der Waals surface area contributed by atoms with Crippen LogP contribution in [0.25, 0.3) is 6.08 Å². The van der Waals surface area contributed by atoms with Gasteiger partial charge in [-0.3, -0.25) is 4.79 Å². The Morgan fingerprint density at radius 1 is 1.46 bits per heavy atom. The highest BCUT2D eigenvalue weighted by molar-refractivity contribution is 6.30. The van der Waals surface area contributed by atoms with Crippen molar-refractivity contribution in [2.45, 2.75) is 6.92 Å². The fourth-order valence-corrected chi connectivity index (χ4v) is 1.34. The van der Waals surface area contributed by atoms with Gasteiger partial charge in [0.1, 0.15) is 0 Å². The van der Waals surface area contributed by atoms with Gasteiger partial charge in [-0.2, -0.15) is 0 Å². The number of primary amides is 1. The molecule has 1 rings (SSSR count). The normalized spacial score (nSPS) is 10.6. The molecule has 2 N–H and O–H groups in total. The second kappa shape index (κ2) is 4.10. The van der Waals surface area contributed by atoms with Crippen molar-refractivity contribution in [1.82, 2.24) is 0 Å². The number of carbonyl (C=O) groups excluding carboxylic acids is 1. The van der Waals surface area contributed by atoms with Gasteiger partial charge in [0.05, 0.1) is 0 Å². The first-order valence-corrected chi connectivity index (χ1v) is 4.20. The number of amides is 1. The Bertz CT molecular complexity index is 338. The van der Waals surface area contributed by atoms with Gasteiger partial charge in [-0.05, 0) is 36.3 Å². The van der Waals surface area contributed by atoms with E-state index >= 15 is 0 Å². The third-order valence-corrected chi connectivity index (χ3v) is 1.72. The third kappa shape index (κ3) is 3.30. The highest BCUT2D eigenvalue weighted by Crippen LogP contribution is 2.15. The molecule has 0 fully saturated rings. The number of benzene rings is 1. The summed E-state index contributed by atoms with van der Waals surface area (Å²) in [6, 6.07) is 5.54. The Morgan fingerprint density at radius 3 is 2.69 bits per heavy atom. The minimum absolute atomic E-state index is 0.461. The zero-order chi connectivity index (χ0) is 9.84. The van der Waals surface area contributed by atoms with Gasteiger partial charge in [0.2, 0.25) is 5.91 Å². The highest BCUT2D eigenvalue weighted by atomic mass is 35.5. The Kier molecular flexibility index (Phi) is 3.09. The predicted octanol–water partition coefficient (Wildman–Crippen LogP) is 2.15. The molecular formula is C10H10ClNO. The van der Waals surface area contributed by atoms with Crippen molar-refractivity contribution in [3.05, 3.63) is 40.4 Å². The van der Waals surface area contributed by atoms with Crippen molar-refractivity contribution >= 4 is 23.6 Å². The average Bonchev–Trinajstić information content (AvgIpc) is 1.99. The van der Waals surface area contributed by atoms with E-state index in [0.717, 1.165) is 11.1 Å². The Morgan fingerprint density at radius 2 is 2.15 bits per heavy atom. The Hall–Kier alpha value is -1.28. The van der Waals surface area contributed by atoms with Gasteiger partial charge in [-0.25, -0.2) is 0 Å². The van der Waals surface area contributed by atoms with Crippen LogP contribution < -0.4 is 5.73 Å². The van der Waals surface area contributed by atoms with Crippen LogP contribution in [0, 0.1) is 6.92 Å².